The Balaban J connectivity index is 1.66. The molecule has 3 nitrogen and oxygen atoms in total. The Labute approximate surface area is 140 Å². The number of aliphatic hydroxyl groups is 1. The van der Waals surface area contributed by atoms with Gasteiger partial charge in [0, 0.05) is 0 Å². The summed E-state index contributed by atoms with van der Waals surface area (Å²) in [6.07, 6.45) is 6.95. The highest BCUT2D eigenvalue weighted by Gasteiger charge is 2.61. The second kappa shape index (κ2) is 4.83. The zero-order valence-corrected chi connectivity index (χ0v) is 15.3. The van der Waals surface area contributed by atoms with Gasteiger partial charge in [-0.15, -0.1) is 0 Å². The molecule has 0 spiro atoms. The number of aliphatic hydroxyl groups excluding tert-OH is 1. The van der Waals surface area contributed by atoms with Crippen molar-refractivity contribution in [1.29, 1.82) is 0 Å². The van der Waals surface area contributed by atoms with Gasteiger partial charge in [-0.1, -0.05) is 12.5 Å². The molecule has 4 rings (SSSR count). The number of hydrogen-bond donors (Lipinski definition) is 1. The van der Waals surface area contributed by atoms with E-state index in [9.17, 15) is 5.11 Å². The summed E-state index contributed by atoms with van der Waals surface area (Å²) in [5.74, 6) is 0.468. The first-order valence-electron chi connectivity index (χ1n) is 9.38. The maximum atomic E-state index is 10.7. The molecule has 4 aliphatic rings. The van der Waals surface area contributed by atoms with Crippen molar-refractivity contribution in [2.75, 3.05) is 0 Å². The van der Waals surface area contributed by atoms with Crippen LogP contribution in [0.3, 0.4) is 0 Å². The SMILES string of the molecule is CC(C)=C1[C@H](O)C[C@@]2(C)C[C@H]3O[C@]3(C)CC[C@H]3O[C@]3(C)CC[C@H]12. The monoisotopic (exact) mass is 320 g/mol. The van der Waals surface area contributed by atoms with Crippen LogP contribution < -0.4 is 0 Å². The van der Waals surface area contributed by atoms with Crippen LogP contribution in [0.4, 0.5) is 0 Å². The lowest BCUT2D eigenvalue weighted by Crippen LogP contribution is -2.27. The van der Waals surface area contributed by atoms with Gasteiger partial charge < -0.3 is 14.6 Å². The third-order valence-corrected chi connectivity index (χ3v) is 7.37. The lowest BCUT2D eigenvalue weighted by molar-refractivity contribution is 0.146. The largest absolute Gasteiger partial charge is 0.389 e. The number of hydrogen-bond acceptors (Lipinski definition) is 3. The summed E-state index contributed by atoms with van der Waals surface area (Å²) < 4.78 is 12.2. The zero-order valence-electron chi connectivity index (χ0n) is 15.3. The van der Waals surface area contributed by atoms with E-state index in [1.807, 2.05) is 0 Å². The average Bonchev–Trinajstić information content (AvgIpc) is 3.24. The first kappa shape index (κ1) is 16.1. The van der Waals surface area contributed by atoms with Crippen molar-refractivity contribution in [3.05, 3.63) is 11.1 Å². The summed E-state index contributed by atoms with van der Waals surface area (Å²) in [5, 5.41) is 10.7. The van der Waals surface area contributed by atoms with Gasteiger partial charge in [-0.25, -0.2) is 0 Å². The Hall–Kier alpha value is -0.380. The van der Waals surface area contributed by atoms with E-state index >= 15 is 0 Å². The molecule has 2 saturated carbocycles. The molecular weight excluding hydrogens is 288 g/mol. The fourth-order valence-electron chi connectivity index (χ4n) is 5.63. The predicted octanol–water partition coefficient (Wildman–Crippen LogP) is 3.99. The third kappa shape index (κ3) is 2.51. The van der Waals surface area contributed by atoms with Gasteiger partial charge in [0.15, 0.2) is 0 Å². The van der Waals surface area contributed by atoms with Gasteiger partial charge in [0.2, 0.25) is 0 Å². The first-order valence-corrected chi connectivity index (χ1v) is 9.38. The molecule has 0 aromatic rings. The minimum absolute atomic E-state index is 0.0451. The van der Waals surface area contributed by atoms with Crippen molar-refractivity contribution in [3.63, 3.8) is 0 Å². The molecule has 7 atom stereocenters. The lowest BCUT2D eigenvalue weighted by Gasteiger charge is -2.32. The van der Waals surface area contributed by atoms with Gasteiger partial charge in [-0.3, -0.25) is 0 Å². The van der Waals surface area contributed by atoms with Gasteiger partial charge >= 0.3 is 0 Å². The van der Waals surface area contributed by atoms with Crippen LogP contribution >= 0.6 is 0 Å². The smallest absolute Gasteiger partial charge is 0.0921 e. The molecule has 1 N–H and O–H groups in total. The topological polar surface area (TPSA) is 45.3 Å². The minimum atomic E-state index is -0.272. The van der Waals surface area contributed by atoms with Crippen LogP contribution in [0.15, 0.2) is 11.1 Å². The van der Waals surface area contributed by atoms with E-state index in [1.165, 1.54) is 11.1 Å². The number of epoxide rings is 2. The van der Waals surface area contributed by atoms with Crippen LogP contribution in [-0.2, 0) is 9.47 Å². The summed E-state index contributed by atoms with van der Waals surface area (Å²) >= 11 is 0. The van der Waals surface area contributed by atoms with Gasteiger partial charge in [0.25, 0.3) is 0 Å². The van der Waals surface area contributed by atoms with Gasteiger partial charge in [-0.2, -0.15) is 0 Å². The Morgan fingerprint density at radius 1 is 0.957 bits per heavy atom. The van der Waals surface area contributed by atoms with Crippen LogP contribution in [-0.4, -0.2) is 34.6 Å². The Morgan fingerprint density at radius 2 is 1.57 bits per heavy atom. The molecule has 2 aliphatic carbocycles. The van der Waals surface area contributed by atoms with Gasteiger partial charge in [0.05, 0.1) is 29.5 Å². The molecule has 0 bridgehead atoms. The maximum absolute atomic E-state index is 10.7. The van der Waals surface area contributed by atoms with Crippen LogP contribution in [0.25, 0.3) is 0 Å². The molecule has 130 valence electrons. The summed E-state index contributed by atoms with van der Waals surface area (Å²) in [5.41, 5.74) is 2.86. The molecule has 0 amide bonds. The van der Waals surface area contributed by atoms with E-state index in [4.69, 9.17) is 9.47 Å². The minimum Gasteiger partial charge on any atom is -0.389 e. The van der Waals surface area contributed by atoms with E-state index in [1.54, 1.807) is 0 Å². The van der Waals surface area contributed by atoms with Crippen LogP contribution in [0.5, 0.6) is 0 Å². The van der Waals surface area contributed by atoms with Crippen LogP contribution in [0, 0.1) is 11.3 Å². The Kier molecular flexibility index (Phi) is 3.38. The molecule has 0 aromatic heterocycles. The second-order valence-electron chi connectivity index (χ2n) is 9.50. The first-order chi connectivity index (χ1) is 10.7. The number of rotatable bonds is 0. The summed E-state index contributed by atoms with van der Waals surface area (Å²) in [6.45, 7) is 11.2. The highest BCUT2D eigenvalue weighted by molar-refractivity contribution is 5.28. The van der Waals surface area contributed by atoms with E-state index in [0.29, 0.717) is 18.1 Å². The van der Waals surface area contributed by atoms with Crippen molar-refractivity contribution >= 4 is 0 Å². The summed E-state index contributed by atoms with van der Waals surface area (Å²) in [7, 11) is 0. The summed E-state index contributed by atoms with van der Waals surface area (Å²) in [6, 6.07) is 0. The average molecular weight is 320 g/mol. The van der Waals surface area contributed by atoms with Crippen molar-refractivity contribution in [3.8, 4) is 0 Å². The normalized spacial score (nSPS) is 55.3. The fraction of sp³-hybridized carbons (Fsp3) is 0.900. The van der Waals surface area contributed by atoms with Crippen molar-refractivity contribution < 1.29 is 14.6 Å². The molecule has 4 fully saturated rings. The number of ether oxygens (including phenoxy) is 2. The molecule has 2 saturated heterocycles. The van der Waals surface area contributed by atoms with Crippen LogP contribution in [0.1, 0.15) is 73.1 Å². The molecule has 0 unspecified atom stereocenters. The highest BCUT2D eigenvalue weighted by atomic mass is 16.6. The van der Waals surface area contributed by atoms with E-state index in [-0.39, 0.29) is 22.7 Å². The second-order valence-corrected chi connectivity index (χ2v) is 9.50. The molecule has 2 heterocycles. The molecular formula is C20H32O3. The van der Waals surface area contributed by atoms with E-state index in [2.05, 4.69) is 34.6 Å². The molecule has 3 heteroatoms. The lowest BCUT2D eigenvalue weighted by atomic mass is 9.71. The molecule has 0 radical (unpaired) electrons. The maximum Gasteiger partial charge on any atom is 0.0921 e. The van der Waals surface area contributed by atoms with Gasteiger partial charge in [0.1, 0.15) is 0 Å². The zero-order chi connectivity index (χ0) is 16.6. The van der Waals surface area contributed by atoms with E-state index in [0.717, 1.165) is 38.5 Å². The van der Waals surface area contributed by atoms with Crippen molar-refractivity contribution in [2.24, 2.45) is 11.3 Å². The van der Waals surface area contributed by atoms with Crippen LogP contribution in [0.2, 0.25) is 0 Å². The van der Waals surface area contributed by atoms with Crippen molar-refractivity contribution in [1.82, 2.24) is 0 Å². The molecule has 23 heavy (non-hydrogen) atoms. The molecule has 0 aromatic carbocycles. The third-order valence-electron chi connectivity index (χ3n) is 7.37. The summed E-state index contributed by atoms with van der Waals surface area (Å²) in [4.78, 5) is 0. The van der Waals surface area contributed by atoms with Gasteiger partial charge in [-0.05, 0) is 83.1 Å². The number of allylic oxidation sites excluding steroid dienone is 1. The van der Waals surface area contributed by atoms with E-state index < -0.39 is 0 Å². The molecule has 2 aliphatic heterocycles. The predicted molar refractivity (Wildman–Crippen MR) is 90.2 cm³/mol. The Bertz CT molecular complexity index is 551. The fourth-order valence-corrected chi connectivity index (χ4v) is 5.63. The highest BCUT2D eigenvalue weighted by Crippen LogP contribution is 2.59. The van der Waals surface area contributed by atoms with Crippen molar-refractivity contribution in [2.45, 2.75) is 103 Å². The quantitative estimate of drug-likeness (QED) is 0.542. The standard InChI is InChI=1S/C20H32O3/c1-12(2)17-13-6-8-19(4)15(22-19)7-9-20(5)16(23-20)11-18(13,3)10-14(17)21/h13-16,21H,6-11H2,1-5H3/t13-,14-,15-,16-,18+,19-,20-/m1/s1. The Morgan fingerprint density at radius 3 is 2.26 bits per heavy atom. The number of fused-ring (bicyclic) bond motifs is 3.